The van der Waals surface area contributed by atoms with Crippen molar-refractivity contribution in [3.05, 3.63) is 40.9 Å². The molecule has 1 amide bonds. The first-order chi connectivity index (χ1) is 9.50. The molecule has 0 aromatic heterocycles. The van der Waals surface area contributed by atoms with Crippen molar-refractivity contribution in [1.29, 1.82) is 0 Å². The molecule has 0 bridgehead atoms. The van der Waals surface area contributed by atoms with Crippen molar-refractivity contribution >= 4 is 29.2 Å². The molecule has 0 unspecified atom stereocenters. The van der Waals surface area contributed by atoms with Crippen LogP contribution in [-0.2, 0) is 9.59 Å². The lowest BCUT2D eigenvalue weighted by Gasteiger charge is -2.24. The van der Waals surface area contributed by atoms with Crippen LogP contribution in [0.3, 0.4) is 0 Å². The third-order valence-electron chi connectivity index (χ3n) is 3.61. The largest absolute Gasteiger partial charge is 0.481 e. The Balaban J connectivity index is 2.17. The van der Waals surface area contributed by atoms with E-state index in [1.807, 2.05) is 19.1 Å². The van der Waals surface area contributed by atoms with Gasteiger partial charge in [0, 0.05) is 10.7 Å². The molecule has 2 rings (SSSR count). The summed E-state index contributed by atoms with van der Waals surface area (Å²) in [6.45, 7) is 1.81. The monoisotopic (exact) mass is 293 g/mol. The Bertz CT molecular complexity index is 568. The van der Waals surface area contributed by atoms with Gasteiger partial charge >= 0.3 is 5.97 Å². The number of anilines is 1. The maximum absolute atomic E-state index is 12.3. The second-order valence-electron chi connectivity index (χ2n) is 4.90. The van der Waals surface area contributed by atoms with Crippen LogP contribution in [0.25, 0.3) is 0 Å². The highest BCUT2D eigenvalue weighted by atomic mass is 35.5. The van der Waals surface area contributed by atoms with Gasteiger partial charge in [0.05, 0.1) is 11.8 Å². The molecule has 0 radical (unpaired) electrons. The molecule has 2 N–H and O–H groups in total. The van der Waals surface area contributed by atoms with Crippen LogP contribution in [0.15, 0.2) is 30.4 Å². The molecule has 1 aliphatic rings. The van der Waals surface area contributed by atoms with Crippen molar-refractivity contribution in [3.63, 3.8) is 0 Å². The van der Waals surface area contributed by atoms with E-state index in [0.717, 1.165) is 5.56 Å². The maximum Gasteiger partial charge on any atom is 0.307 e. The number of carbonyl (C=O) groups is 2. The van der Waals surface area contributed by atoms with Gasteiger partial charge in [-0.1, -0.05) is 29.8 Å². The molecule has 1 aromatic carbocycles. The van der Waals surface area contributed by atoms with Crippen molar-refractivity contribution in [2.45, 2.75) is 19.8 Å². The molecule has 0 aliphatic heterocycles. The van der Waals surface area contributed by atoms with Crippen molar-refractivity contribution in [3.8, 4) is 0 Å². The normalized spacial score (nSPS) is 21.5. The first kappa shape index (κ1) is 14.6. The maximum atomic E-state index is 12.3. The number of allylic oxidation sites excluding steroid dienone is 2. The second kappa shape index (κ2) is 6.09. The van der Waals surface area contributed by atoms with E-state index >= 15 is 0 Å². The van der Waals surface area contributed by atoms with Crippen LogP contribution in [0.2, 0.25) is 5.02 Å². The van der Waals surface area contributed by atoms with Gasteiger partial charge in [0.2, 0.25) is 5.91 Å². The number of benzene rings is 1. The molecular formula is C15H16ClNO3. The highest BCUT2D eigenvalue weighted by molar-refractivity contribution is 6.31. The Morgan fingerprint density at radius 3 is 2.55 bits per heavy atom. The van der Waals surface area contributed by atoms with Gasteiger partial charge in [0.15, 0.2) is 0 Å². The number of hydrogen-bond acceptors (Lipinski definition) is 2. The summed E-state index contributed by atoms with van der Waals surface area (Å²) in [6, 6.07) is 5.25. The van der Waals surface area contributed by atoms with Crippen LogP contribution < -0.4 is 5.32 Å². The Morgan fingerprint density at radius 1 is 1.25 bits per heavy atom. The minimum atomic E-state index is -0.933. The molecule has 20 heavy (non-hydrogen) atoms. The Kier molecular flexibility index (Phi) is 4.45. The predicted molar refractivity (Wildman–Crippen MR) is 77.8 cm³/mol. The third kappa shape index (κ3) is 3.02. The fraction of sp³-hybridized carbons (Fsp3) is 0.333. The molecule has 0 saturated heterocycles. The standard InChI is InChI=1S/C15H16ClNO3/c1-9-12(16)7-4-8-13(9)17-14(18)10-5-2-3-6-11(10)15(19)20/h2-4,7-8,10-11H,5-6H2,1H3,(H,17,18)(H,19,20)/t10-,11+/m1/s1. The van der Waals surface area contributed by atoms with Crippen LogP contribution in [0.4, 0.5) is 5.69 Å². The van der Waals surface area contributed by atoms with E-state index in [9.17, 15) is 14.7 Å². The van der Waals surface area contributed by atoms with Crippen LogP contribution in [0, 0.1) is 18.8 Å². The Hall–Kier alpha value is -1.81. The van der Waals surface area contributed by atoms with E-state index in [1.54, 1.807) is 18.2 Å². The molecule has 0 spiro atoms. The van der Waals surface area contributed by atoms with E-state index in [-0.39, 0.29) is 5.91 Å². The fourth-order valence-electron chi connectivity index (χ4n) is 2.35. The number of amides is 1. The summed E-state index contributed by atoms with van der Waals surface area (Å²) in [5.41, 5.74) is 1.40. The number of halogens is 1. The second-order valence-corrected chi connectivity index (χ2v) is 5.30. The molecule has 4 nitrogen and oxygen atoms in total. The first-order valence-electron chi connectivity index (χ1n) is 6.44. The smallest absolute Gasteiger partial charge is 0.307 e. The van der Waals surface area contributed by atoms with Crippen LogP contribution in [-0.4, -0.2) is 17.0 Å². The number of carboxylic acid groups (broad SMARTS) is 1. The minimum Gasteiger partial charge on any atom is -0.481 e. The summed E-state index contributed by atoms with van der Waals surface area (Å²) >= 11 is 6.01. The van der Waals surface area contributed by atoms with Gasteiger partial charge < -0.3 is 10.4 Å². The summed E-state index contributed by atoms with van der Waals surface area (Å²) in [4.78, 5) is 23.5. The van der Waals surface area contributed by atoms with Crippen molar-refractivity contribution in [2.75, 3.05) is 5.32 Å². The number of carboxylic acids is 1. The zero-order valence-electron chi connectivity index (χ0n) is 11.1. The SMILES string of the molecule is Cc1c(Cl)cccc1NC(=O)[C@@H]1CC=CC[C@@H]1C(=O)O. The Morgan fingerprint density at radius 2 is 1.90 bits per heavy atom. The molecular weight excluding hydrogens is 278 g/mol. The van der Waals surface area contributed by atoms with Gasteiger partial charge in [-0.3, -0.25) is 9.59 Å². The van der Waals surface area contributed by atoms with E-state index in [2.05, 4.69) is 5.32 Å². The summed E-state index contributed by atoms with van der Waals surface area (Å²) in [6.07, 6.45) is 4.51. The van der Waals surface area contributed by atoms with E-state index in [1.165, 1.54) is 0 Å². The molecule has 2 atom stereocenters. The summed E-state index contributed by atoms with van der Waals surface area (Å²) in [7, 11) is 0. The third-order valence-corrected chi connectivity index (χ3v) is 4.02. The zero-order valence-corrected chi connectivity index (χ0v) is 11.9. The predicted octanol–water partition coefficient (Wildman–Crippen LogP) is 3.25. The van der Waals surface area contributed by atoms with Gasteiger partial charge in [0.25, 0.3) is 0 Å². The lowest BCUT2D eigenvalue weighted by molar-refractivity contribution is -0.146. The van der Waals surface area contributed by atoms with Crippen LogP contribution >= 0.6 is 11.6 Å². The van der Waals surface area contributed by atoms with Gasteiger partial charge in [0.1, 0.15) is 0 Å². The summed E-state index contributed by atoms with van der Waals surface area (Å²) < 4.78 is 0. The lowest BCUT2D eigenvalue weighted by Crippen LogP contribution is -2.34. The van der Waals surface area contributed by atoms with Gasteiger partial charge in [-0.05, 0) is 37.5 Å². The zero-order chi connectivity index (χ0) is 14.7. The molecule has 0 fully saturated rings. The number of hydrogen-bond donors (Lipinski definition) is 2. The molecule has 1 aliphatic carbocycles. The lowest BCUT2D eigenvalue weighted by atomic mass is 9.82. The summed E-state index contributed by atoms with van der Waals surface area (Å²) in [5, 5.41) is 12.5. The van der Waals surface area contributed by atoms with Gasteiger partial charge in [-0.25, -0.2) is 0 Å². The number of aliphatic carboxylic acids is 1. The molecule has 0 saturated carbocycles. The minimum absolute atomic E-state index is 0.271. The van der Waals surface area contributed by atoms with Crippen LogP contribution in [0.1, 0.15) is 18.4 Å². The van der Waals surface area contributed by atoms with Gasteiger partial charge in [-0.2, -0.15) is 0 Å². The van der Waals surface area contributed by atoms with E-state index in [4.69, 9.17) is 11.6 Å². The van der Waals surface area contributed by atoms with Gasteiger partial charge in [-0.15, -0.1) is 0 Å². The molecule has 106 valence electrons. The highest BCUT2D eigenvalue weighted by Crippen LogP contribution is 2.29. The topological polar surface area (TPSA) is 66.4 Å². The number of nitrogens with one attached hydrogen (secondary N) is 1. The Labute approximate surface area is 122 Å². The fourth-order valence-corrected chi connectivity index (χ4v) is 2.52. The molecule has 0 heterocycles. The molecule has 1 aromatic rings. The summed E-state index contributed by atoms with van der Waals surface area (Å²) in [5.74, 6) is -2.42. The van der Waals surface area contributed by atoms with Crippen LogP contribution in [0.5, 0.6) is 0 Å². The average Bonchev–Trinajstić information content (AvgIpc) is 2.43. The first-order valence-corrected chi connectivity index (χ1v) is 6.82. The average molecular weight is 294 g/mol. The quantitative estimate of drug-likeness (QED) is 0.841. The molecule has 5 heteroatoms. The van der Waals surface area contributed by atoms with E-state index in [0.29, 0.717) is 23.6 Å². The highest BCUT2D eigenvalue weighted by Gasteiger charge is 2.34. The van der Waals surface area contributed by atoms with Crippen molar-refractivity contribution in [2.24, 2.45) is 11.8 Å². The van der Waals surface area contributed by atoms with Crippen molar-refractivity contribution in [1.82, 2.24) is 0 Å². The van der Waals surface area contributed by atoms with Crippen molar-refractivity contribution < 1.29 is 14.7 Å². The number of rotatable bonds is 3. The van der Waals surface area contributed by atoms with E-state index < -0.39 is 17.8 Å². The number of carbonyl (C=O) groups excluding carboxylic acids is 1.